The van der Waals surface area contributed by atoms with Crippen LogP contribution < -0.4 is 5.32 Å². The lowest BCUT2D eigenvalue weighted by molar-refractivity contribution is -0.0101. The van der Waals surface area contributed by atoms with Gasteiger partial charge in [-0.1, -0.05) is 16.7 Å². The highest BCUT2D eigenvalue weighted by molar-refractivity contribution is 6.58. The maximum atomic E-state index is 16.9. The lowest BCUT2D eigenvalue weighted by Crippen LogP contribution is -2.77. The Kier molecular flexibility index (Phi) is 7.78. The molecule has 1 aliphatic rings. The summed E-state index contributed by atoms with van der Waals surface area (Å²) < 4.78 is 30.6. The Labute approximate surface area is 226 Å². The Morgan fingerprint density at radius 3 is 2.06 bits per heavy atom. The van der Waals surface area contributed by atoms with E-state index in [-0.39, 0.29) is 34.4 Å². The molecule has 36 heavy (non-hydrogen) atoms. The fourth-order valence-electron chi connectivity index (χ4n) is 5.45. The predicted molar refractivity (Wildman–Crippen MR) is 166 cm³/mol. The van der Waals surface area contributed by atoms with Crippen LogP contribution in [-0.2, 0) is 11.7 Å². The second kappa shape index (κ2) is 9.65. The number of amides is 1. The summed E-state index contributed by atoms with van der Waals surface area (Å²) in [6.45, 7) is 0.320. The van der Waals surface area contributed by atoms with Crippen molar-refractivity contribution < 1.29 is 13.6 Å². The van der Waals surface area contributed by atoms with Crippen LogP contribution >= 0.6 is 11.6 Å². The van der Waals surface area contributed by atoms with E-state index < -0.39 is 27.5 Å². The lowest BCUT2D eigenvalue weighted by Gasteiger charge is -2.61. The number of likely N-dealkylation sites (tertiary alicyclic amines) is 1. The third kappa shape index (κ3) is 5.80. The molecule has 1 aromatic heterocycles. The van der Waals surface area contributed by atoms with E-state index in [0.29, 0.717) is 12.4 Å². The molecule has 0 unspecified atom stereocenters. The number of benzene rings is 1. The average molecular weight is 501 g/mol. The van der Waals surface area contributed by atoms with Gasteiger partial charge in [-0.15, -0.1) is 0 Å². The van der Waals surface area contributed by atoms with Crippen LogP contribution in [0.3, 0.4) is 0 Å². The molecule has 0 saturated carbocycles. The molecule has 1 fully saturated rings. The van der Waals surface area contributed by atoms with Gasteiger partial charge in [-0.3, -0.25) is 4.79 Å². The fourth-order valence-corrected chi connectivity index (χ4v) is 5.63. The zero-order valence-electron chi connectivity index (χ0n) is 22.9. The van der Waals surface area contributed by atoms with Gasteiger partial charge in [-0.05, 0) is 52.6 Å². The van der Waals surface area contributed by atoms with Gasteiger partial charge in [0, 0.05) is 18.0 Å². The second-order valence-corrected chi connectivity index (χ2v) is 13.2. The number of aromatic nitrogens is 2. The average Bonchev–Trinajstić information content (AvgIpc) is 2.71. The quantitative estimate of drug-likeness (QED) is 0.401. The van der Waals surface area contributed by atoms with Gasteiger partial charge in [0.1, 0.15) is 64.4 Å². The molecule has 2 heterocycles. The SMILES string of the molecule is BC(B)(B)c1cnc(CNC(B)(B)C2(F)CC(B)(B)N(C(=O)c3ccc(F)c(Cl)c3)C(B)(B)C2)nc1. The van der Waals surface area contributed by atoms with Crippen molar-refractivity contribution in [1.82, 2.24) is 20.2 Å². The van der Waals surface area contributed by atoms with E-state index in [1.54, 1.807) is 4.90 Å². The first-order valence-electron chi connectivity index (χ1n) is 12.3. The number of nitrogens with one attached hydrogen (secondary N) is 1. The molecule has 0 spiro atoms. The highest BCUT2D eigenvalue weighted by Crippen LogP contribution is 2.45. The minimum atomic E-state index is -1.64. The highest BCUT2D eigenvalue weighted by Gasteiger charge is 2.58. The standard InChI is InChI=1S/C19H30B9ClF2N4O/c20-16(21)7-15(31,19(27,28)34-6-13-32-4-10(5-33-13)18(24,25)26)8-17(22,23)35(16)14(36)9-1-2-12(30)11(29)3-9/h1-5,34H,6-8,20-28H2. The Hall–Kier alpha value is -1.54. The van der Waals surface area contributed by atoms with Crippen molar-refractivity contribution in [2.75, 3.05) is 0 Å². The summed E-state index contributed by atoms with van der Waals surface area (Å²) in [5, 5.41) is 0.615. The number of carbonyl (C=O) groups is 1. The smallest absolute Gasteiger partial charge is 0.252 e. The second-order valence-electron chi connectivity index (χ2n) is 12.8. The zero-order chi connectivity index (χ0) is 27.3. The highest BCUT2D eigenvalue weighted by atomic mass is 35.5. The van der Waals surface area contributed by atoms with Gasteiger partial charge in [-0.2, -0.15) is 0 Å². The van der Waals surface area contributed by atoms with Crippen LogP contribution in [-0.4, -0.2) is 113 Å². The fraction of sp³-hybridized carbons (Fsp3) is 0.421. The van der Waals surface area contributed by atoms with Crippen molar-refractivity contribution in [3.05, 3.63) is 58.4 Å². The lowest BCUT2D eigenvalue weighted by atomic mass is 9.38. The minimum absolute atomic E-state index is 0.0456. The van der Waals surface area contributed by atoms with E-state index in [1.165, 1.54) is 18.2 Å². The van der Waals surface area contributed by atoms with Gasteiger partial charge in [0.25, 0.3) is 5.91 Å². The van der Waals surface area contributed by atoms with Gasteiger partial charge in [0.15, 0.2) is 0 Å². The van der Waals surface area contributed by atoms with Crippen molar-refractivity contribution in [3.8, 4) is 0 Å². The first kappa shape index (κ1) is 29.0. The van der Waals surface area contributed by atoms with E-state index in [1.807, 2.05) is 59.5 Å². The summed E-state index contributed by atoms with van der Waals surface area (Å²) in [7, 11) is 17.5. The van der Waals surface area contributed by atoms with Crippen LogP contribution in [0.5, 0.6) is 0 Å². The number of halogens is 3. The molecule has 3 rings (SSSR count). The Balaban J connectivity index is 1.82. The summed E-state index contributed by atoms with van der Waals surface area (Å²) in [6, 6.07) is 3.94. The summed E-state index contributed by atoms with van der Waals surface area (Å²) >= 11 is 5.94. The molecule has 1 aromatic carbocycles. The molecule has 0 radical (unpaired) electrons. The molecule has 17 heteroatoms. The Bertz CT molecular complexity index is 1130. The number of rotatable bonds is 6. The summed E-state index contributed by atoms with van der Waals surface area (Å²) in [6.07, 6.45) is 3.88. The van der Waals surface area contributed by atoms with Crippen molar-refractivity contribution in [2.45, 2.75) is 46.2 Å². The van der Waals surface area contributed by atoms with Gasteiger partial charge in [-0.25, -0.2) is 18.7 Å². The number of alkyl halides is 1. The van der Waals surface area contributed by atoms with Crippen LogP contribution in [0.25, 0.3) is 0 Å². The van der Waals surface area contributed by atoms with Crippen molar-refractivity contribution in [1.29, 1.82) is 0 Å². The van der Waals surface area contributed by atoms with Crippen molar-refractivity contribution in [2.24, 2.45) is 0 Å². The van der Waals surface area contributed by atoms with Gasteiger partial charge >= 0.3 is 0 Å². The third-order valence-corrected chi connectivity index (χ3v) is 7.68. The first-order chi connectivity index (χ1) is 16.3. The largest absolute Gasteiger partial charge is 0.359 e. The van der Waals surface area contributed by atoms with Crippen LogP contribution in [0.2, 0.25) is 5.02 Å². The van der Waals surface area contributed by atoms with Crippen molar-refractivity contribution in [3.63, 3.8) is 0 Å². The molecule has 1 amide bonds. The summed E-state index contributed by atoms with van der Waals surface area (Å²) in [5.41, 5.74) is -0.319. The van der Waals surface area contributed by atoms with Gasteiger partial charge < -0.3 is 10.2 Å². The number of hydrogen-bond donors (Lipinski definition) is 1. The molecule has 5 nitrogen and oxygen atoms in total. The number of piperidine rings is 1. The molecule has 1 N–H and O–H groups in total. The van der Waals surface area contributed by atoms with Crippen LogP contribution in [0.1, 0.15) is 34.6 Å². The number of nitrogens with zero attached hydrogens (tertiary/aromatic N) is 3. The summed E-state index contributed by atoms with van der Waals surface area (Å²) in [4.78, 5) is 24.2. The first-order valence-corrected chi connectivity index (χ1v) is 12.7. The molecule has 180 valence electrons. The summed E-state index contributed by atoms with van der Waals surface area (Å²) in [5.74, 6) is -0.288. The topological polar surface area (TPSA) is 58.1 Å². The molecular weight excluding hydrogens is 471 g/mol. The Morgan fingerprint density at radius 1 is 1.06 bits per heavy atom. The van der Waals surface area contributed by atoms with E-state index in [9.17, 15) is 9.18 Å². The molecule has 0 aliphatic carbocycles. The molecule has 0 atom stereocenters. The van der Waals surface area contributed by atoms with Crippen molar-refractivity contribution >= 4 is 88.1 Å². The maximum absolute atomic E-state index is 16.9. The van der Waals surface area contributed by atoms with E-state index >= 15 is 4.39 Å². The number of hydrogen-bond acceptors (Lipinski definition) is 4. The van der Waals surface area contributed by atoms with Crippen LogP contribution in [0, 0.1) is 5.82 Å². The zero-order valence-corrected chi connectivity index (χ0v) is 23.6. The van der Waals surface area contributed by atoms with E-state index in [4.69, 9.17) is 11.6 Å². The minimum Gasteiger partial charge on any atom is -0.359 e. The maximum Gasteiger partial charge on any atom is 0.252 e. The number of carbonyl (C=O) groups excluding carboxylic acids is 1. The van der Waals surface area contributed by atoms with Gasteiger partial charge in [0.05, 0.1) is 35.1 Å². The molecule has 1 aliphatic heterocycles. The third-order valence-electron chi connectivity index (χ3n) is 7.39. The molecule has 2 aromatic rings. The normalized spacial score (nSPS) is 19.0. The predicted octanol–water partition coefficient (Wildman–Crippen LogP) is -6.23. The van der Waals surface area contributed by atoms with Crippen LogP contribution in [0.4, 0.5) is 8.78 Å². The van der Waals surface area contributed by atoms with Gasteiger partial charge in [0.2, 0.25) is 0 Å². The Morgan fingerprint density at radius 2 is 1.58 bits per heavy atom. The molecule has 1 saturated heterocycles. The molecular formula is C19H30B9ClF2N4O. The molecule has 0 bridgehead atoms. The van der Waals surface area contributed by atoms with E-state index in [2.05, 4.69) is 38.8 Å². The van der Waals surface area contributed by atoms with E-state index in [0.717, 1.165) is 5.56 Å². The van der Waals surface area contributed by atoms with Crippen LogP contribution in [0.15, 0.2) is 30.6 Å². The monoisotopic (exact) mass is 502 g/mol.